The Morgan fingerprint density at radius 3 is 2.59 bits per heavy atom. The lowest BCUT2D eigenvalue weighted by atomic mass is 10.0. The molecule has 1 atom stereocenters. The molecule has 0 radical (unpaired) electrons. The third-order valence-corrected chi connectivity index (χ3v) is 5.05. The van der Waals surface area contributed by atoms with Gasteiger partial charge < -0.3 is 14.9 Å². The number of aliphatic hydroxyl groups excluding tert-OH is 1. The molecule has 0 spiro atoms. The Morgan fingerprint density at radius 1 is 1.00 bits per heavy atom. The number of para-hydroxylation sites is 1. The minimum atomic E-state index is -0.429. The fourth-order valence-corrected chi connectivity index (χ4v) is 3.79. The van der Waals surface area contributed by atoms with Crippen molar-refractivity contribution in [1.29, 1.82) is 0 Å². The van der Waals surface area contributed by atoms with E-state index in [0.717, 1.165) is 16.8 Å². The van der Waals surface area contributed by atoms with Gasteiger partial charge in [-0.2, -0.15) is 4.98 Å². The van der Waals surface area contributed by atoms with Crippen molar-refractivity contribution in [2.45, 2.75) is 6.10 Å². The van der Waals surface area contributed by atoms with Crippen molar-refractivity contribution in [2.75, 3.05) is 19.6 Å². The van der Waals surface area contributed by atoms with Gasteiger partial charge in [0.05, 0.1) is 24.0 Å². The third-order valence-electron chi connectivity index (χ3n) is 5.05. The fourth-order valence-electron chi connectivity index (χ4n) is 3.79. The molecule has 1 N–H and O–H groups in total. The zero-order valence-electron chi connectivity index (χ0n) is 15.6. The van der Waals surface area contributed by atoms with E-state index in [1.165, 1.54) is 12.1 Å². The highest BCUT2D eigenvalue weighted by Gasteiger charge is 2.39. The summed E-state index contributed by atoms with van der Waals surface area (Å²) < 4.78 is 19.2. The van der Waals surface area contributed by atoms with Gasteiger partial charge in [-0.25, -0.2) is 14.4 Å². The van der Waals surface area contributed by atoms with E-state index in [0.29, 0.717) is 31.1 Å². The van der Waals surface area contributed by atoms with Crippen molar-refractivity contribution < 1.29 is 14.2 Å². The van der Waals surface area contributed by atoms with Crippen LogP contribution >= 0.6 is 0 Å². The van der Waals surface area contributed by atoms with Crippen LogP contribution in [-0.2, 0) is 0 Å². The Labute approximate surface area is 167 Å². The molecule has 0 saturated carbocycles. The molecule has 0 bridgehead atoms. The predicted molar refractivity (Wildman–Crippen MR) is 106 cm³/mol. The smallest absolute Gasteiger partial charge is 0.322 e. The molecule has 5 rings (SSSR count). The fraction of sp³-hybridized carbons (Fsp3) is 0.182. The topological polar surface area (TPSA) is 61.7 Å². The van der Waals surface area contributed by atoms with Crippen molar-refractivity contribution >= 4 is 11.3 Å². The molecular formula is C22H19FN4O2. The van der Waals surface area contributed by atoms with Crippen LogP contribution < -0.4 is 4.74 Å². The molecule has 7 heteroatoms. The molecule has 29 heavy (non-hydrogen) atoms. The van der Waals surface area contributed by atoms with Gasteiger partial charge in [-0.1, -0.05) is 30.3 Å². The number of fused-ring (bicyclic) bond motifs is 1. The first kappa shape index (κ1) is 17.8. The van der Waals surface area contributed by atoms with Crippen LogP contribution in [0.25, 0.3) is 11.3 Å². The van der Waals surface area contributed by atoms with E-state index in [1.807, 2.05) is 41.4 Å². The highest BCUT2D eigenvalue weighted by atomic mass is 19.1. The molecule has 1 unspecified atom stereocenters. The van der Waals surface area contributed by atoms with Crippen LogP contribution in [0.1, 0.15) is 11.3 Å². The maximum atomic E-state index is 13.4. The molecule has 146 valence electrons. The predicted octanol–water partition coefficient (Wildman–Crippen LogP) is 3.18. The molecule has 3 aromatic rings. The number of aliphatic hydroxyl groups is 1. The minimum Gasteiger partial charge on any atom is -0.424 e. The first-order valence-electron chi connectivity index (χ1n) is 9.43. The lowest BCUT2D eigenvalue weighted by Gasteiger charge is -2.23. The Morgan fingerprint density at radius 2 is 1.79 bits per heavy atom. The third kappa shape index (κ3) is 3.46. The monoisotopic (exact) mass is 390 g/mol. The standard InChI is InChI=1S/C22H19FN4O2/c23-16-8-6-15(7-9-16)19-14-26-12-17(28)13-27(26)21(19)20-10-11-24-22(25-20)29-18-4-2-1-3-5-18/h1-11,17,28H,12-14H2. The minimum absolute atomic E-state index is 0.248. The normalized spacial score (nSPS) is 19.0. The largest absolute Gasteiger partial charge is 0.424 e. The average Bonchev–Trinajstić information content (AvgIpc) is 3.25. The number of hydrogen-bond donors (Lipinski definition) is 1. The number of hydrogen-bond acceptors (Lipinski definition) is 6. The molecule has 3 heterocycles. The van der Waals surface area contributed by atoms with Crippen molar-refractivity contribution in [1.82, 2.24) is 20.0 Å². The molecule has 2 aromatic carbocycles. The van der Waals surface area contributed by atoms with Crippen molar-refractivity contribution in [3.63, 3.8) is 0 Å². The summed E-state index contributed by atoms with van der Waals surface area (Å²) in [5.74, 6) is 0.382. The van der Waals surface area contributed by atoms with E-state index >= 15 is 0 Å². The van der Waals surface area contributed by atoms with E-state index in [1.54, 1.807) is 18.3 Å². The summed E-state index contributed by atoms with van der Waals surface area (Å²) in [5.41, 5.74) is 3.53. The Kier molecular flexibility index (Phi) is 4.46. The SMILES string of the molecule is OC1CN2CC(c3ccc(F)cc3)=C(c3ccnc(Oc4ccccc4)n3)N2C1. The van der Waals surface area contributed by atoms with Crippen LogP contribution in [0.3, 0.4) is 0 Å². The second kappa shape index (κ2) is 7.27. The summed E-state index contributed by atoms with van der Waals surface area (Å²) in [6.07, 6.45) is 1.23. The summed E-state index contributed by atoms with van der Waals surface area (Å²) in [6, 6.07) is 17.9. The van der Waals surface area contributed by atoms with E-state index in [2.05, 4.69) is 15.0 Å². The molecule has 0 aliphatic carbocycles. The lowest BCUT2D eigenvalue weighted by Crippen LogP contribution is -2.30. The van der Waals surface area contributed by atoms with Gasteiger partial charge in [-0.15, -0.1) is 0 Å². The molecule has 2 aliphatic rings. The second-order valence-electron chi connectivity index (χ2n) is 7.06. The quantitative estimate of drug-likeness (QED) is 0.738. The summed E-state index contributed by atoms with van der Waals surface area (Å²) >= 11 is 0. The zero-order valence-corrected chi connectivity index (χ0v) is 15.6. The van der Waals surface area contributed by atoms with Crippen molar-refractivity contribution in [3.05, 3.63) is 83.9 Å². The summed E-state index contributed by atoms with van der Waals surface area (Å²) in [6.45, 7) is 1.66. The number of aromatic nitrogens is 2. The number of ether oxygens (including phenoxy) is 1. The first-order chi connectivity index (χ1) is 14.2. The summed E-state index contributed by atoms with van der Waals surface area (Å²) in [4.78, 5) is 8.84. The van der Waals surface area contributed by atoms with Crippen LogP contribution in [0.4, 0.5) is 4.39 Å². The number of benzene rings is 2. The van der Waals surface area contributed by atoms with Crippen LogP contribution in [-0.4, -0.2) is 50.8 Å². The number of halogens is 1. The molecule has 2 aliphatic heterocycles. The van der Waals surface area contributed by atoms with Crippen LogP contribution in [0, 0.1) is 5.82 Å². The number of nitrogens with zero attached hydrogens (tertiary/aromatic N) is 4. The number of hydrazine groups is 1. The van der Waals surface area contributed by atoms with Gasteiger partial charge in [0, 0.05) is 24.9 Å². The van der Waals surface area contributed by atoms with Crippen molar-refractivity contribution in [2.24, 2.45) is 0 Å². The molecule has 1 fully saturated rings. The van der Waals surface area contributed by atoms with E-state index < -0.39 is 6.10 Å². The molecule has 0 amide bonds. The Balaban J connectivity index is 1.56. The average molecular weight is 390 g/mol. The maximum Gasteiger partial charge on any atom is 0.322 e. The number of rotatable bonds is 4. The van der Waals surface area contributed by atoms with Gasteiger partial charge in [0.1, 0.15) is 11.6 Å². The molecule has 1 aromatic heterocycles. The van der Waals surface area contributed by atoms with Gasteiger partial charge in [0.15, 0.2) is 0 Å². The molecule has 1 saturated heterocycles. The first-order valence-corrected chi connectivity index (χ1v) is 9.43. The highest BCUT2D eigenvalue weighted by molar-refractivity contribution is 5.91. The Hall–Kier alpha value is -3.29. The second-order valence-corrected chi connectivity index (χ2v) is 7.06. The van der Waals surface area contributed by atoms with Gasteiger partial charge in [-0.3, -0.25) is 0 Å². The van der Waals surface area contributed by atoms with E-state index in [4.69, 9.17) is 4.74 Å². The molecular weight excluding hydrogens is 371 g/mol. The van der Waals surface area contributed by atoms with Crippen LogP contribution in [0.5, 0.6) is 11.8 Å². The summed E-state index contributed by atoms with van der Waals surface area (Å²) in [5, 5.41) is 14.3. The van der Waals surface area contributed by atoms with E-state index in [9.17, 15) is 9.50 Å². The van der Waals surface area contributed by atoms with Crippen molar-refractivity contribution in [3.8, 4) is 11.8 Å². The van der Waals surface area contributed by atoms with Gasteiger partial charge in [0.25, 0.3) is 0 Å². The van der Waals surface area contributed by atoms with E-state index in [-0.39, 0.29) is 11.8 Å². The van der Waals surface area contributed by atoms with Crippen LogP contribution in [0.2, 0.25) is 0 Å². The zero-order chi connectivity index (χ0) is 19.8. The van der Waals surface area contributed by atoms with Gasteiger partial charge in [-0.05, 0) is 35.9 Å². The Bertz CT molecular complexity index is 1060. The summed E-state index contributed by atoms with van der Waals surface area (Å²) in [7, 11) is 0. The van der Waals surface area contributed by atoms with Gasteiger partial charge >= 0.3 is 6.01 Å². The molecule has 6 nitrogen and oxygen atoms in total. The van der Waals surface area contributed by atoms with Gasteiger partial charge in [0.2, 0.25) is 0 Å². The van der Waals surface area contributed by atoms with Crippen LogP contribution in [0.15, 0.2) is 66.9 Å². The highest BCUT2D eigenvalue weighted by Crippen LogP contribution is 2.39. The maximum absolute atomic E-state index is 13.4. The lowest BCUT2D eigenvalue weighted by molar-refractivity contribution is 0.127.